The normalized spacial score (nSPS) is 24.6. The molecule has 1 saturated carbocycles. The SMILES string of the molecule is Cc1ccc(C2=NC3(CCCCC3)N(CC(=O)N3CCCC(C)C3)C2=O)cc1. The maximum Gasteiger partial charge on any atom is 0.275 e. The first-order valence-corrected chi connectivity index (χ1v) is 10.8. The topological polar surface area (TPSA) is 53.0 Å². The first-order chi connectivity index (χ1) is 13.5. The van der Waals surface area contributed by atoms with Crippen molar-refractivity contribution in [1.29, 1.82) is 0 Å². The van der Waals surface area contributed by atoms with Crippen molar-refractivity contribution in [3.05, 3.63) is 35.4 Å². The zero-order valence-corrected chi connectivity index (χ0v) is 17.1. The molecular formula is C23H31N3O2. The second kappa shape index (κ2) is 7.69. The number of amides is 2. The fraction of sp³-hybridized carbons (Fsp3) is 0.609. The maximum absolute atomic E-state index is 13.4. The molecule has 1 saturated heterocycles. The number of nitrogens with zero attached hydrogens (tertiary/aromatic N) is 3. The summed E-state index contributed by atoms with van der Waals surface area (Å²) in [5.74, 6) is 0.532. The van der Waals surface area contributed by atoms with Crippen LogP contribution in [0.25, 0.3) is 0 Å². The highest BCUT2D eigenvalue weighted by atomic mass is 16.2. The van der Waals surface area contributed by atoms with Gasteiger partial charge in [-0.3, -0.25) is 14.6 Å². The van der Waals surface area contributed by atoms with Crippen molar-refractivity contribution in [2.75, 3.05) is 19.6 Å². The summed E-state index contributed by atoms with van der Waals surface area (Å²) < 4.78 is 0. The molecular weight excluding hydrogens is 350 g/mol. The minimum atomic E-state index is -0.521. The van der Waals surface area contributed by atoms with Crippen LogP contribution >= 0.6 is 0 Å². The molecule has 0 aromatic heterocycles. The third kappa shape index (κ3) is 3.59. The molecule has 28 heavy (non-hydrogen) atoms. The number of carbonyl (C=O) groups is 2. The van der Waals surface area contributed by atoms with Crippen molar-refractivity contribution in [2.24, 2.45) is 10.9 Å². The Labute approximate surface area is 167 Å². The van der Waals surface area contributed by atoms with Gasteiger partial charge in [0.15, 0.2) is 0 Å². The number of hydrogen-bond donors (Lipinski definition) is 0. The Kier molecular flexibility index (Phi) is 5.26. The molecule has 0 radical (unpaired) electrons. The van der Waals surface area contributed by atoms with E-state index in [4.69, 9.17) is 4.99 Å². The van der Waals surface area contributed by atoms with Gasteiger partial charge < -0.3 is 9.80 Å². The summed E-state index contributed by atoms with van der Waals surface area (Å²) in [7, 11) is 0. The zero-order chi connectivity index (χ0) is 19.7. The van der Waals surface area contributed by atoms with E-state index in [9.17, 15) is 9.59 Å². The van der Waals surface area contributed by atoms with E-state index in [1.807, 2.05) is 36.1 Å². The Morgan fingerprint density at radius 2 is 1.86 bits per heavy atom. The summed E-state index contributed by atoms with van der Waals surface area (Å²) in [5.41, 5.74) is 2.03. The molecule has 150 valence electrons. The molecule has 2 heterocycles. The molecule has 1 spiro atoms. The summed E-state index contributed by atoms with van der Waals surface area (Å²) in [6, 6.07) is 7.98. The lowest BCUT2D eigenvalue weighted by atomic mass is 9.88. The molecule has 2 amide bonds. The van der Waals surface area contributed by atoms with Gasteiger partial charge >= 0.3 is 0 Å². The average Bonchev–Trinajstić information content (AvgIpc) is 2.95. The second-order valence-corrected chi connectivity index (χ2v) is 8.85. The Hall–Kier alpha value is -2.17. The Morgan fingerprint density at radius 3 is 2.54 bits per heavy atom. The number of hydrogen-bond acceptors (Lipinski definition) is 3. The fourth-order valence-corrected chi connectivity index (χ4v) is 4.90. The van der Waals surface area contributed by atoms with Gasteiger partial charge in [0.25, 0.3) is 5.91 Å². The quantitative estimate of drug-likeness (QED) is 0.804. The third-order valence-corrected chi connectivity index (χ3v) is 6.55. The van der Waals surface area contributed by atoms with Gasteiger partial charge in [-0.15, -0.1) is 0 Å². The highest BCUT2D eigenvalue weighted by molar-refractivity contribution is 6.47. The number of rotatable bonds is 3. The zero-order valence-electron chi connectivity index (χ0n) is 17.1. The largest absolute Gasteiger partial charge is 0.341 e. The van der Waals surface area contributed by atoms with Crippen LogP contribution in [0.15, 0.2) is 29.3 Å². The highest BCUT2D eigenvalue weighted by Gasteiger charge is 2.48. The lowest BCUT2D eigenvalue weighted by Crippen LogP contribution is -2.53. The van der Waals surface area contributed by atoms with Gasteiger partial charge in [-0.1, -0.05) is 43.2 Å². The van der Waals surface area contributed by atoms with E-state index in [-0.39, 0.29) is 18.4 Å². The molecule has 0 bridgehead atoms. The molecule has 4 rings (SSSR count). The fourth-order valence-electron chi connectivity index (χ4n) is 4.90. The average molecular weight is 382 g/mol. The van der Waals surface area contributed by atoms with E-state index >= 15 is 0 Å². The number of likely N-dealkylation sites (tertiary alicyclic amines) is 1. The maximum atomic E-state index is 13.4. The molecule has 2 aliphatic heterocycles. The van der Waals surface area contributed by atoms with Crippen molar-refractivity contribution in [3.63, 3.8) is 0 Å². The van der Waals surface area contributed by atoms with Crippen LogP contribution in [0.1, 0.15) is 63.0 Å². The van der Waals surface area contributed by atoms with Crippen molar-refractivity contribution >= 4 is 17.5 Å². The van der Waals surface area contributed by atoms with Gasteiger partial charge in [-0.2, -0.15) is 0 Å². The van der Waals surface area contributed by atoms with Crippen LogP contribution in [-0.2, 0) is 9.59 Å². The van der Waals surface area contributed by atoms with Gasteiger partial charge in [0.05, 0.1) is 0 Å². The van der Waals surface area contributed by atoms with Crippen LogP contribution in [-0.4, -0.2) is 52.6 Å². The van der Waals surface area contributed by atoms with Crippen molar-refractivity contribution < 1.29 is 9.59 Å². The monoisotopic (exact) mass is 381 g/mol. The molecule has 0 N–H and O–H groups in total. The summed E-state index contributed by atoms with van der Waals surface area (Å²) >= 11 is 0. The van der Waals surface area contributed by atoms with Gasteiger partial charge in [0.2, 0.25) is 5.91 Å². The first-order valence-electron chi connectivity index (χ1n) is 10.8. The lowest BCUT2D eigenvalue weighted by Gasteiger charge is -2.40. The van der Waals surface area contributed by atoms with Gasteiger partial charge in [-0.25, -0.2) is 0 Å². The Balaban J connectivity index is 1.59. The first kappa shape index (κ1) is 19.2. The molecule has 1 aromatic carbocycles. The highest BCUT2D eigenvalue weighted by Crippen LogP contribution is 2.39. The van der Waals surface area contributed by atoms with E-state index in [0.717, 1.165) is 56.3 Å². The third-order valence-electron chi connectivity index (χ3n) is 6.55. The smallest absolute Gasteiger partial charge is 0.275 e. The predicted molar refractivity (Wildman–Crippen MR) is 110 cm³/mol. The van der Waals surface area contributed by atoms with Crippen LogP contribution in [0.3, 0.4) is 0 Å². The molecule has 1 aromatic rings. The molecule has 1 atom stereocenters. The van der Waals surface area contributed by atoms with E-state index in [2.05, 4.69) is 6.92 Å². The molecule has 5 nitrogen and oxygen atoms in total. The van der Waals surface area contributed by atoms with Crippen molar-refractivity contribution in [1.82, 2.24) is 9.80 Å². The van der Waals surface area contributed by atoms with E-state index < -0.39 is 5.66 Å². The molecule has 5 heteroatoms. The van der Waals surface area contributed by atoms with Crippen LogP contribution in [0.5, 0.6) is 0 Å². The second-order valence-electron chi connectivity index (χ2n) is 8.85. The molecule has 3 aliphatic rings. The minimum absolute atomic E-state index is 0.0743. The van der Waals surface area contributed by atoms with E-state index in [0.29, 0.717) is 11.6 Å². The van der Waals surface area contributed by atoms with Crippen LogP contribution in [0, 0.1) is 12.8 Å². The van der Waals surface area contributed by atoms with Gasteiger partial charge in [0.1, 0.15) is 17.9 Å². The standard InChI is InChI=1S/C23H31N3O2/c1-17-8-10-19(11-9-17)21-22(28)26(23(24-21)12-4-3-5-13-23)16-20(27)25-14-6-7-18(2)15-25/h8-11,18H,3-7,12-16H2,1-2H3. The van der Waals surface area contributed by atoms with Crippen molar-refractivity contribution in [3.8, 4) is 0 Å². The number of benzene rings is 1. The van der Waals surface area contributed by atoms with Gasteiger partial charge in [0, 0.05) is 18.7 Å². The van der Waals surface area contributed by atoms with E-state index in [1.54, 1.807) is 4.90 Å². The van der Waals surface area contributed by atoms with Crippen molar-refractivity contribution in [2.45, 2.75) is 64.5 Å². The summed E-state index contributed by atoms with van der Waals surface area (Å²) in [4.78, 5) is 35.1. The van der Waals surface area contributed by atoms with Gasteiger partial charge in [-0.05, 0) is 51.4 Å². The minimum Gasteiger partial charge on any atom is -0.341 e. The molecule has 1 aliphatic carbocycles. The molecule has 1 unspecified atom stereocenters. The number of piperidine rings is 1. The lowest BCUT2D eigenvalue weighted by molar-refractivity contribution is -0.142. The summed E-state index contributed by atoms with van der Waals surface area (Å²) in [6.07, 6.45) is 7.24. The number of aliphatic imine (C=N–C) groups is 1. The summed E-state index contributed by atoms with van der Waals surface area (Å²) in [5, 5.41) is 0. The number of aryl methyl sites for hydroxylation is 1. The molecule has 2 fully saturated rings. The van der Waals surface area contributed by atoms with Crippen LogP contribution < -0.4 is 0 Å². The summed E-state index contributed by atoms with van der Waals surface area (Å²) in [6.45, 7) is 6.00. The Morgan fingerprint density at radius 1 is 1.14 bits per heavy atom. The van der Waals surface area contributed by atoms with Crippen LogP contribution in [0.4, 0.5) is 0 Å². The predicted octanol–water partition coefficient (Wildman–Crippen LogP) is 3.55. The number of carbonyl (C=O) groups excluding carboxylic acids is 2. The Bertz CT molecular complexity index is 778. The van der Waals surface area contributed by atoms with Crippen LogP contribution in [0.2, 0.25) is 0 Å². The van der Waals surface area contributed by atoms with E-state index in [1.165, 1.54) is 12.8 Å².